The maximum Gasteiger partial charge on any atom is 0.0506 e. The number of thiophene rings is 1. The van der Waals surface area contributed by atoms with Crippen LogP contribution in [0.5, 0.6) is 0 Å². The molecule has 1 heterocycles. The Hall–Kier alpha value is -0.340. The SMILES string of the molecule is Cc1ccsc1C1(N)CCCC(C)CC1. The molecule has 1 fully saturated rings. The highest BCUT2D eigenvalue weighted by Gasteiger charge is 2.31. The molecule has 15 heavy (non-hydrogen) atoms. The van der Waals surface area contributed by atoms with E-state index in [4.69, 9.17) is 5.73 Å². The van der Waals surface area contributed by atoms with Crippen molar-refractivity contribution in [3.05, 3.63) is 21.9 Å². The second-order valence-corrected chi connectivity index (χ2v) is 6.04. The lowest BCUT2D eigenvalue weighted by Gasteiger charge is -2.28. The number of aryl methyl sites for hydroxylation is 1. The van der Waals surface area contributed by atoms with Crippen molar-refractivity contribution in [2.75, 3.05) is 0 Å². The normalized spacial score (nSPS) is 32.6. The van der Waals surface area contributed by atoms with E-state index in [1.54, 1.807) is 0 Å². The Labute approximate surface area is 96.7 Å². The molecule has 1 aliphatic rings. The van der Waals surface area contributed by atoms with Gasteiger partial charge in [0, 0.05) is 4.88 Å². The van der Waals surface area contributed by atoms with Gasteiger partial charge in [0.1, 0.15) is 0 Å². The van der Waals surface area contributed by atoms with E-state index in [-0.39, 0.29) is 5.54 Å². The van der Waals surface area contributed by atoms with Crippen molar-refractivity contribution < 1.29 is 0 Å². The van der Waals surface area contributed by atoms with E-state index >= 15 is 0 Å². The van der Waals surface area contributed by atoms with Crippen LogP contribution in [0.3, 0.4) is 0 Å². The fourth-order valence-electron chi connectivity index (χ4n) is 2.65. The Balaban J connectivity index is 2.22. The molecule has 84 valence electrons. The van der Waals surface area contributed by atoms with Crippen LogP contribution in [0.25, 0.3) is 0 Å². The van der Waals surface area contributed by atoms with E-state index in [1.165, 1.54) is 36.1 Å². The zero-order valence-corrected chi connectivity index (χ0v) is 10.6. The molecule has 2 heteroatoms. The lowest BCUT2D eigenvalue weighted by Crippen LogP contribution is -2.35. The van der Waals surface area contributed by atoms with E-state index in [1.807, 2.05) is 11.3 Å². The molecule has 2 unspecified atom stereocenters. The van der Waals surface area contributed by atoms with E-state index in [0.29, 0.717) is 0 Å². The van der Waals surface area contributed by atoms with Gasteiger partial charge in [-0.3, -0.25) is 0 Å². The fraction of sp³-hybridized carbons (Fsp3) is 0.692. The van der Waals surface area contributed by atoms with Crippen LogP contribution in [0, 0.1) is 12.8 Å². The van der Waals surface area contributed by atoms with Gasteiger partial charge in [0.15, 0.2) is 0 Å². The van der Waals surface area contributed by atoms with Crippen molar-refractivity contribution in [2.45, 2.75) is 51.5 Å². The molecule has 0 aliphatic heterocycles. The van der Waals surface area contributed by atoms with Crippen LogP contribution in [0.2, 0.25) is 0 Å². The molecule has 2 N–H and O–H groups in total. The van der Waals surface area contributed by atoms with Crippen molar-refractivity contribution in [3.8, 4) is 0 Å². The van der Waals surface area contributed by atoms with Gasteiger partial charge in [-0.1, -0.05) is 19.8 Å². The first-order chi connectivity index (χ1) is 7.12. The van der Waals surface area contributed by atoms with Crippen molar-refractivity contribution >= 4 is 11.3 Å². The average Bonchev–Trinajstić information content (AvgIpc) is 2.55. The van der Waals surface area contributed by atoms with Crippen molar-refractivity contribution in [1.82, 2.24) is 0 Å². The summed E-state index contributed by atoms with van der Waals surface area (Å²) in [7, 11) is 0. The molecular formula is C13H21NS. The summed E-state index contributed by atoms with van der Waals surface area (Å²) < 4.78 is 0. The van der Waals surface area contributed by atoms with Crippen LogP contribution in [-0.4, -0.2) is 0 Å². The van der Waals surface area contributed by atoms with Crippen molar-refractivity contribution in [3.63, 3.8) is 0 Å². The molecule has 1 aromatic rings. The first kappa shape index (κ1) is 11.2. The molecule has 0 bridgehead atoms. The van der Waals surface area contributed by atoms with Gasteiger partial charge in [-0.2, -0.15) is 0 Å². The molecule has 0 aromatic carbocycles. The number of hydrogen-bond donors (Lipinski definition) is 1. The van der Waals surface area contributed by atoms with Gasteiger partial charge >= 0.3 is 0 Å². The maximum absolute atomic E-state index is 6.60. The summed E-state index contributed by atoms with van der Waals surface area (Å²) in [6, 6.07) is 2.20. The van der Waals surface area contributed by atoms with Crippen LogP contribution in [0.1, 0.15) is 49.5 Å². The monoisotopic (exact) mass is 223 g/mol. The summed E-state index contributed by atoms with van der Waals surface area (Å²) in [5, 5.41) is 2.17. The molecular weight excluding hydrogens is 202 g/mol. The third kappa shape index (κ3) is 2.26. The van der Waals surface area contributed by atoms with Gasteiger partial charge in [0.25, 0.3) is 0 Å². The molecule has 0 radical (unpaired) electrons. The second kappa shape index (κ2) is 4.26. The molecule has 1 aromatic heterocycles. The lowest BCUT2D eigenvalue weighted by atomic mass is 9.87. The van der Waals surface area contributed by atoms with Gasteiger partial charge in [-0.15, -0.1) is 11.3 Å². The van der Waals surface area contributed by atoms with Crippen molar-refractivity contribution in [2.24, 2.45) is 11.7 Å². The van der Waals surface area contributed by atoms with E-state index in [2.05, 4.69) is 25.3 Å². The minimum Gasteiger partial charge on any atom is -0.321 e. The van der Waals surface area contributed by atoms with Crippen molar-refractivity contribution in [1.29, 1.82) is 0 Å². The summed E-state index contributed by atoms with van der Waals surface area (Å²) >= 11 is 1.84. The number of hydrogen-bond acceptors (Lipinski definition) is 2. The highest BCUT2D eigenvalue weighted by molar-refractivity contribution is 7.10. The van der Waals surface area contributed by atoms with Crippen LogP contribution < -0.4 is 5.73 Å². The highest BCUT2D eigenvalue weighted by atomic mass is 32.1. The number of nitrogens with two attached hydrogens (primary N) is 1. The molecule has 1 nitrogen and oxygen atoms in total. The zero-order valence-electron chi connectivity index (χ0n) is 9.75. The van der Waals surface area contributed by atoms with Gasteiger partial charge in [0.2, 0.25) is 0 Å². The standard InChI is InChI=1S/C13H21NS/c1-10-4-3-7-13(14,8-5-10)12-11(2)6-9-15-12/h6,9-10H,3-5,7-8,14H2,1-2H3. The quantitative estimate of drug-likeness (QED) is 0.720. The Kier molecular flexibility index (Phi) is 3.17. The predicted molar refractivity (Wildman–Crippen MR) is 67.2 cm³/mol. The summed E-state index contributed by atoms with van der Waals surface area (Å²) in [5.74, 6) is 0.857. The Bertz CT molecular complexity index is 331. The lowest BCUT2D eigenvalue weighted by molar-refractivity contribution is 0.384. The molecule has 1 aliphatic carbocycles. The van der Waals surface area contributed by atoms with Crippen LogP contribution in [-0.2, 0) is 5.54 Å². The molecule has 0 saturated heterocycles. The van der Waals surface area contributed by atoms with Crippen LogP contribution >= 0.6 is 11.3 Å². The molecule has 0 amide bonds. The summed E-state index contributed by atoms with van der Waals surface area (Å²) in [4.78, 5) is 1.43. The largest absolute Gasteiger partial charge is 0.321 e. The van der Waals surface area contributed by atoms with Gasteiger partial charge < -0.3 is 5.73 Å². The fourth-order valence-corrected chi connectivity index (χ4v) is 3.75. The predicted octanol–water partition coefficient (Wildman–Crippen LogP) is 3.81. The third-order valence-electron chi connectivity index (χ3n) is 3.72. The Morgan fingerprint density at radius 1 is 1.40 bits per heavy atom. The molecule has 0 spiro atoms. The number of rotatable bonds is 1. The van der Waals surface area contributed by atoms with Crippen LogP contribution in [0.4, 0.5) is 0 Å². The van der Waals surface area contributed by atoms with Gasteiger partial charge in [-0.05, 0) is 49.1 Å². The summed E-state index contributed by atoms with van der Waals surface area (Å²) in [5.41, 5.74) is 7.96. The van der Waals surface area contributed by atoms with Crippen LogP contribution in [0.15, 0.2) is 11.4 Å². The first-order valence-corrected chi connectivity index (χ1v) is 6.83. The minimum atomic E-state index is -0.0248. The highest BCUT2D eigenvalue weighted by Crippen LogP contribution is 2.39. The van der Waals surface area contributed by atoms with Gasteiger partial charge in [-0.25, -0.2) is 0 Å². The Morgan fingerprint density at radius 2 is 2.20 bits per heavy atom. The second-order valence-electron chi connectivity index (χ2n) is 5.12. The summed E-state index contributed by atoms with van der Waals surface area (Å²) in [6.07, 6.45) is 6.25. The molecule has 1 saturated carbocycles. The topological polar surface area (TPSA) is 26.0 Å². The van der Waals surface area contributed by atoms with E-state index < -0.39 is 0 Å². The molecule has 2 rings (SSSR count). The van der Waals surface area contributed by atoms with E-state index in [0.717, 1.165) is 12.3 Å². The zero-order chi connectivity index (χ0) is 10.9. The molecule has 2 atom stereocenters. The third-order valence-corrected chi connectivity index (χ3v) is 4.95. The average molecular weight is 223 g/mol. The van der Waals surface area contributed by atoms with Gasteiger partial charge in [0.05, 0.1) is 5.54 Å². The Morgan fingerprint density at radius 3 is 2.87 bits per heavy atom. The first-order valence-electron chi connectivity index (χ1n) is 5.95. The summed E-state index contributed by atoms with van der Waals surface area (Å²) in [6.45, 7) is 4.54. The van der Waals surface area contributed by atoms with E-state index in [9.17, 15) is 0 Å². The minimum absolute atomic E-state index is 0.0248. The maximum atomic E-state index is 6.60. The smallest absolute Gasteiger partial charge is 0.0506 e.